The van der Waals surface area contributed by atoms with Gasteiger partial charge in [0, 0.05) is 18.0 Å². The van der Waals surface area contributed by atoms with Crippen LogP contribution in [0.2, 0.25) is 0 Å². The largest absolute Gasteiger partial charge is 0.326 e. The first-order chi connectivity index (χ1) is 10.0. The van der Waals surface area contributed by atoms with Gasteiger partial charge >= 0.3 is 0 Å². The van der Waals surface area contributed by atoms with Crippen LogP contribution in [-0.2, 0) is 35.3 Å². The van der Waals surface area contributed by atoms with Crippen LogP contribution in [0.3, 0.4) is 0 Å². The molecule has 0 amide bonds. The molecule has 0 spiro atoms. The molecule has 1 heterocycles. The van der Waals surface area contributed by atoms with Gasteiger partial charge in [-0.2, -0.15) is 0 Å². The van der Waals surface area contributed by atoms with Gasteiger partial charge in [-0.1, -0.05) is 31.2 Å². The van der Waals surface area contributed by atoms with E-state index in [9.17, 15) is 8.42 Å². The lowest BCUT2D eigenvalue weighted by atomic mass is 10.1. The van der Waals surface area contributed by atoms with E-state index in [2.05, 4.69) is 11.6 Å². The van der Waals surface area contributed by atoms with E-state index in [1.165, 1.54) is 5.56 Å². The molecule has 0 aliphatic carbocycles. The molecule has 0 saturated heterocycles. The summed E-state index contributed by atoms with van der Waals surface area (Å²) in [6.07, 6.45) is 0.916. The van der Waals surface area contributed by atoms with Gasteiger partial charge in [-0.05, 0) is 34.6 Å². The zero-order valence-electron chi connectivity index (χ0n) is 12.0. The molecule has 2 aromatic rings. The molecule has 0 saturated carbocycles. The average molecular weight is 324 g/mol. The minimum absolute atomic E-state index is 0.0202. The van der Waals surface area contributed by atoms with E-state index >= 15 is 0 Å². The lowest BCUT2D eigenvalue weighted by molar-refractivity contribution is 0.580. The van der Waals surface area contributed by atoms with E-state index in [0.717, 1.165) is 22.4 Å². The lowest BCUT2D eigenvalue weighted by Crippen LogP contribution is -2.24. The molecule has 0 atom stereocenters. The van der Waals surface area contributed by atoms with Gasteiger partial charge in [0.15, 0.2) is 0 Å². The standard InChI is InChI=1S/C15H20N2O2S2/c1-2-14-6-7-20-15(14)10-17-21(18,19)11-13-5-3-4-12(8-13)9-16/h3-8,17H,2,9-11,16H2,1H3. The van der Waals surface area contributed by atoms with Crippen LogP contribution in [0.25, 0.3) is 0 Å². The highest BCUT2D eigenvalue weighted by Gasteiger charge is 2.13. The molecule has 1 aromatic heterocycles. The van der Waals surface area contributed by atoms with Gasteiger partial charge < -0.3 is 5.73 Å². The summed E-state index contributed by atoms with van der Waals surface area (Å²) < 4.78 is 27.0. The third-order valence-corrected chi connectivity index (χ3v) is 5.52. The highest BCUT2D eigenvalue weighted by Crippen LogP contribution is 2.17. The summed E-state index contributed by atoms with van der Waals surface area (Å²) in [4.78, 5) is 1.08. The third kappa shape index (κ3) is 4.64. The molecular weight excluding hydrogens is 304 g/mol. The Bertz CT molecular complexity index is 693. The molecular formula is C15H20N2O2S2. The molecule has 0 aliphatic rings. The Morgan fingerprint density at radius 3 is 2.71 bits per heavy atom. The molecule has 6 heteroatoms. The molecule has 0 radical (unpaired) electrons. The number of thiophene rings is 1. The maximum atomic E-state index is 12.2. The van der Waals surface area contributed by atoms with Crippen molar-refractivity contribution in [1.82, 2.24) is 4.72 Å². The van der Waals surface area contributed by atoms with Crippen molar-refractivity contribution in [3.05, 3.63) is 57.3 Å². The Morgan fingerprint density at radius 1 is 1.24 bits per heavy atom. The van der Waals surface area contributed by atoms with Crippen molar-refractivity contribution in [2.24, 2.45) is 5.73 Å². The predicted octanol–water partition coefficient (Wildman–Crippen LogP) is 2.39. The Morgan fingerprint density at radius 2 is 2.00 bits per heavy atom. The number of sulfonamides is 1. The van der Waals surface area contributed by atoms with Gasteiger partial charge in [-0.3, -0.25) is 0 Å². The van der Waals surface area contributed by atoms with E-state index in [4.69, 9.17) is 5.73 Å². The van der Waals surface area contributed by atoms with E-state index in [0.29, 0.717) is 13.1 Å². The first-order valence-corrected chi connectivity index (χ1v) is 9.37. The maximum absolute atomic E-state index is 12.2. The average Bonchev–Trinajstić information content (AvgIpc) is 2.92. The van der Waals surface area contributed by atoms with Crippen LogP contribution in [0.5, 0.6) is 0 Å². The summed E-state index contributed by atoms with van der Waals surface area (Å²) in [5.41, 5.74) is 8.47. The quantitative estimate of drug-likeness (QED) is 0.821. The summed E-state index contributed by atoms with van der Waals surface area (Å²) in [7, 11) is -3.34. The Kier molecular flexibility index (Phi) is 5.52. The van der Waals surface area contributed by atoms with Crippen LogP contribution in [0, 0.1) is 0 Å². The van der Waals surface area contributed by atoms with Crippen LogP contribution < -0.4 is 10.5 Å². The molecule has 3 N–H and O–H groups in total. The third-order valence-electron chi connectivity index (χ3n) is 3.26. The minimum atomic E-state index is -3.34. The normalized spacial score (nSPS) is 11.7. The molecule has 114 valence electrons. The zero-order chi connectivity index (χ0) is 15.3. The minimum Gasteiger partial charge on any atom is -0.326 e. The van der Waals surface area contributed by atoms with E-state index in [-0.39, 0.29) is 5.75 Å². The highest BCUT2D eigenvalue weighted by atomic mass is 32.2. The molecule has 0 fully saturated rings. The van der Waals surface area contributed by atoms with Gasteiger partial charge in [-0.15, -0.1) is 11.3 Å². The fourth-order valence-electron chi connectivity index (χ4n) is 2.13. The maximum Gasteiger partial charge on any atom is 0.216 e. The van der Waals surface area contributed by atoms with E-state index in [1.807, 2.05) is 29.6 Å². The monoisotopic (exact) mass is 324 g/mol. The summed E-state index contributed by atoms with van der Waals surface area (Å²) in [5, 5.41) is 1.99. The Hall–Kier alpha value is -1.21. The lowest BCUT2D eigenvalue weighted by Gasteiger charge is -2.08. The zero-order valence-corrected chi connectivity index (χ0v) is 13.6. The second-order valence-electron chi connectivity index (χ2n) is 4.83. The van der Waals surface area contributed by atoms with Crippen LogP contribution in [0.1, 0.15) is 28.5 Å². The fourth-order valence-corrected chi connectivity index (χ4v) is 4.22. The molecule has 0 unspecified atom stereocenters. The number of benzene rings is 1. The van der Waals surface area contributed by atoms with Gasteiger partial charge in [0.2, 0.25) is 10.0 Å². The first-order valence-electron chi connectivity index (χ1n) is 6.84. The predicted molar refractivity (Wildman–Crippen MR) is 87.5 cm³/mol. The summed E-state index contributed by atoms with van der Waals surface area (Å²) >= 11 is 1.58. The molecule has 1 aromatic carbocycles. The molecule has 2 rings (SSSR count). The Balaban J connectivity index is 2.01. The van der Waals surface area contributed by atoms with Gasteiger partial charge in [0.1, 0.15) is 0 Å². The van der Waals surface area contributed by atoms with Crippen molar-refractivity contribution in [2.75, 3.05) is 0 Å². The van der Waals surface area contributed by atoms with Crippen LogP contribution >= 0.6 is 11.3 Å². The molecule has 21 heavy (non-hydrogen) atoms. The summed E-state index contributed by atoms with van der Waals surface area (Å²) in [6.45, 7) is 2.84. The van der Waals surface area contributed by atoms with Crippen LogP contribution in [0.15, 0.2) is 35.7 Å². The number of nitrogens with one attached hydrogen (secondary N) is 1. The topological polar surface area (TPSA) is 72.2 Å². The molecule has 4 nitrogen and oxygen atoms in total. The van der Waals surface area contributed by atoms with Gasteiger partial charge in [-0.25, -0.2) is 13.1 Å². The van der Waals surface area contributed by atoms with Crippen molar-refractivity contribution in [3.8, 4) is 0 Å². The van der Waals surface area contributed by atoms with E-state index in [1.54, 1.807) is 17.4 Å². The second kappa shape index (κ2) is 7.17. The van der Waals surface area contributed by atoms with E-state index < -0.39 is 10.0 Å². The number of aryl methyl sites for hydroxylation is 1. The van der Waals surface area contributed by atoms with Crippen LogP contribution in [-0.4, -0.2) is 8.42 Å². The van der Waals surface area contributed by atoms with Crippen molar-refractivity contribution >= 4 is 21.4 Å². The first kappa shape index (κ1) is 16.2. The van der Waals surface area contributed by atoms with Crippen molar-refractivity contribution < 1.29 is 8.42 Å². The second-order valence-corrected chi connectivity index (χ2v) is 7.63. The van der Waals surface area contributed by atoms with Crippen molar-refractivity contribution in [2.45, 2.75) is 32.2 Å². The van der Waals surface area contributed by atoms with Gasteiger partial charge in [0.05, 0.1) is 5.75 Å². The van der Waals surface area contributed by atoms with Crippen molar-refractivity contribution in [3.63, 3.8) is 0 Å². The number of nitrogens with two attached hydrogens (primary N) is 1. The SMILES string of the molecule is CCc1ccsc1CNS(=O)(=O)Cc1cccc(CN)c1. The van der Waals surface area contributed by atoms with Crippen molar-refractivity contribution in [1.29, 1.82) is 0 Å². The summed E-state index contributed by atoms with van der Waals surface area (Å²) in [5.74, 6) is -0.0202. The fraction of sp³-hybridized carbons (Fsp3) is 0.333. The van der Waals surface area contributed by atoms with Crippen LogP contribution in [0.4, 0.5) is 0 Å². The molecule has 0 aliphatic heterocycles. The van der Waals surface area contributed by atoms with Gasteiger partial charge in [0.25, 0.3) is 0 Å². The Labute approximate surface area is 130 Å². The molecule has 0 bridgehead atoms. The number of rotatable bonds is 7. The number of hydrogen-bond acceptors (Lipinski definition) is 4. The number of hydrogen-bond donors (Lipinski definition) is 2. The summed E-state index contributed by atoms with van der Waals surface area (Å²) in [6, 6.07) is 9.41. The smallest absolute Gasteiger partial charge is 0.216 e. The highest BCUT2D eigenvalue weighted by molar-refractivity contribution is 7.88.